The minimum absolute atomic E-state index is 0.197. The molecule has 2 aromatic carbocycles. The van der Waals surface area contributed by atoms with Crippen LogP contribution in [0, 0.1) is 0 Å². The summed E-state index contributed by atoms with van der Waals surface area (Å²) in [5, 5.41) is 0.414. The molecule has 3 rings (SSSR count). The molecule has 0 bridgehead atoms. The predicted molar refractivity (Wildman–Crippen MR) is 97.5 cm³/mol. The van der Waals surface area contributed by atoms with Crippen molar-refractivity contribution in [3.63, 3.8) is 0 Å². The molecule has 0 saturated heterocycles. The minimum Gasteiger partial charge on any atom is -0.492 e. The van der Waals surface area contributed by atoms with E-state index in [4.69, 9.17) is 16.3 Å². The molecule has 1 aromatic heterocycles. The van der Waals surface area contributed by atoms with Crippen LogP contribution < -0.4 is 4.74 Å². The first-order chi connectivity index (χ1) is 12.0. The summed E-state index contributed by atoms with van der Waals surface area (Å²) in [7, 11) is -3.73. The van der Waals surface area contributed by atoms with E-state index >= 15 is 0 Å². The number of nitrogens with zero attached hydrogens (tertiary/aromatic N) is 2. The highest BCUT2D eigenvalue weighted by Crippen LogP contribution is 2.31. The topological polar surface area (TPSA) is 61.2 Å². The smallest absolute Gasteiger partial charge is 0.269 e. The Morgan fingerprint density at radius 3 is 2.60 bits per heavy atom. The van der Waals surface area contributed by atoms with Gasteiger partial charge in [-0.05, 0) is 36.8 Å². The van der Waals surface area contributed by atoms with Crippen molar-refractivity contribution in [1.82, 2.24) is 8.96 Å². The maximum atomic E-state index is 12.8. The highest BCUT2D eigenvalue weighted by atomic mass is 35.5. The first-order valence-corrected chi connectivity index (χ1v) is 9.62. The summed E-state index contributed by atoms with van der Waals surface area (Å²) in [6.45, 7) is 2.57. The summed E-state index contributed by atoms with van der Waals surface area (Å²) in [4.78, 5) is 4.39. The first kappa shape index (κ1) is 17.5. The van der Waals surface area contributed by atoms with Crippen LogP contribution in [0.25, 0.3) is 11.4 Å². The van der Waals surface area contributed by atoms with Gasteiger partial charge in [0.25, 0.3) is 10.0 Å². The van der Waals surface area contributed by atoms with E-state index in [0.29, 0.717) is 28.8 Å². The minimum atomic E-state index is -3.73. The molecule has 0 aliphatic heterocycles. The fourth-order valence-electron chi connectivity index (χ4n) is 2.36. The van der Waals surface area contributed by atoms with Crippen LogP contribution >= 0.6 is 11.6 Å². The lowest BCUT2D eigenvalue weighted by atomic mass is 10.2. The fraction of sp³-hybridized carbons (Fsp3) is 0.167. The quantitative estimate of drug-likeness (QED) is 0.645. The lowest BCUT2D eigenvalue weighted by molar-refractivity contribution is 0.317. The first-order valence-electron chi connectivity index (χ1n) is 7.80. The van der Waals surface area contributed by atoms with E-state index in [1.165, 1.54) is 12.4 Å². The molecule has 0 spiro atoms. The maximum absolute atomic E-state index is 12.8. The van der Waals surface area contributed by atoms with Crippen LogP contribution in [0.1, 0.15) is 13.3 Å². The van der Waals surface area contributed by atoms with Gasteiger partial charge < -0.3 is 4.74 Å². The molecular formula is C18H17ClN2O3S. The van der Waals surface area contributed by atoms with E-state index in [2.05, 4.69) is 4.98 Å². The third-order valence-electron chi connectivity index (χ3n) is 3.56. The molecule has 0 aliphatic carbocycles. The molecule has 0 unspecified atom stereocenters. The van der Waals surface area contributed by atoms with Crippen molar-refractivity contribution in [3.8, 4) is 17.1 Å². The average molecular weight is 377 g/mol. The van der Waals surface area contributed by atoms with Crippen LogP contribution in [0.5, 0.6) is 5.75 Å². The molecule has 1 heterocycles. The molecule has 0 atom stereocenters. The molecule has 130 valence electrons. The zero-order chi connectivity index (χ0) is 17.9. The number of halogens is 1. The number of hydrogen-bond acceptors (Lipinski definition) is 4. The summed E-state index contributed by atoms with van der Waals surface area (Å²) >= 11 is 6.25. The Morgan fingerprint density at radius 1 is 1.16 bits per heavy atom. The highest BCUT2D eigenvalue weighted by molar-refractivity contribution is 7.90. The van der Waals surface area contributed by atoms with Crippen LogP contribution in [0.4, 0.5) is 0 Å². The molecule has 0 N–H and O–H groups in total. The van der Waals surface area contributed by atoms with Crippen molar-refractivity contribution in [2.45, 2.75) is 18.2 Å². The lowest BCUT2D eigenvalue weighted by Crippen LogP contribution is -2.13. The molecule has 5 nitrogen and oxygen atoms in total. The van der Waals surface area contributed by atoms with Crippen molar-refractivity contribution in [2.24, 2.45) is 0 Å². The SMILES string of the molecule is CCCOc1ccc(-c2nccn2S(=O)(=O)c2ccccc2)cc1Cl. The maximum Gasteiger partial charge on any atom is 0.269 e. The Bertz CT molecular complexity index is 969. The van der Waals surface area contributed by atoms with Crippen molar-refractivity contribution in [2.75, 3.05) is 6.61 Å². The van der Waals surface area contributed by atoms with E-state index in [0.717, 1.165) is 10.4 Å². The molecule has 3 aromatic rings. The molecule has 0 aliphatic rings. The third kappa shape index (κ3) is 3.55. The number of benzene rings is 2. The van der Waals surface area contributed by atoms with E-state index in [9.17, 15) is 8.42 Å². The van der Waals surface area contributed by atoms with Gasteiger partial charge in [0.05, 0.1) is 16.5 Å². The fourth-order valence-corrected chi connectivity index (χ4v) is 3.92. The van der Waals surface area contributed by atoms with Gasteiger partial charge in [0.1, 0.15) is 5.75 Å². The van der Waals surface area contributed by atoms with Gasteiger partial charge in [-0.25, -0.2) is 17.4 Å². The Morgan fingerprint density at radius 2 is 1.92 bits per heavy atom. The normalized spacial score (nSPS) is 11.4. The Hall–Kier alpha value is -2.31. The second-order valence-electron chi connectivity index (χ2n) is 5.36. The van der Waals surface area contributed by atoms with Gasteiger partial charge in [0.2, 0.25) is 0 Å². The van der Waals surface area contributed by atoms with Gasteiger partial charge in [-0.1, -0.05) is 36.7 Å². The van der Waals surface area contributed by atoms with Crippen molar-refractivity contribution < 1.29 is 13.2 Å². The Balaban J connectivity index is 2.01. The van der Waals surface area contributed by atoms with Gasteiger partial charge in [0, 0.05) is 18.0 Å². The summed E-state index contributed by atoms with van der Waals surface area (Å²) in [5.74, 6) is 0.865. The van der Waals surface area contributed by atoms with Gasteiger partial charge in [-0.15, -0.1) is 0 Å². The monoisotopic (exact) mass is 376 g/mol. The van der Waals surface area contributed by atoms with Gasteiger partial charge in [-0.3, -0.25) is 0 Å². The second-order valence-corrected chi connectivity index (χ2v) is 7.58. The second kappa shape index (κ2) is 7.29. The standard InChI is InChI=1S/C18H17ClN2O3S/c1-2-12-24-17-9-8-14(13-16(17)19)18-20-10-11-21(18)25(22,23)15-6-4-3-5-7-15/h3-11,13H,2,12H2,1H3. The summed E-state index contributed by atoms with van der Waals surface area (Å²) in [5.41, 5.74) is 0.596. The summed E-state index contributed by atoms with van der Waals surface area (Å²) in [6.07, 6.45) is 3.75. The van der Waals surface area contributed by atoms with E-state index in [1.807, 2.05) is 6.92 Å². The summed E-state index contributed by atoms with van der Waals surface area (Å²) < 4.78 is 32.4. The van der Waals surface area contributed by atoms with Gasteiger partial charge >= 0.3 is 0 Å². The molecule has 0 fully saturated rings. The van der Waals surface area contributed by atoms with Gasteiger partial charge in [0.15, 0.2) is 5.82 Å². The Labute approximate surface area is 151 Å². The van der Waals surface area contributed by atoms with Crippen LogP contribution in [0.15, 0.2) is 65.8 Å². The van der Waals surface area contributed by atoms with Crippen LogP contribution in [0.3, 0.4) is 0 Å². The highest BCUT2D eigenvalue weighted by Gasteiger charge is 2.21. The van der Waals surface area contributed by atoms with Crippen molar-refractivity contribution in [3.05, 3.63) is 65.9 Å². The molecule has 0 amide bonds. The number of ether oxygens (including phenoxy) is 1. The zero-order valence-corrected chi connectivity index (χ0v) is 15.2. The number of rotatable bonds is 6. The summed E-state index contributed by atoms with van der Waals surface area (Å²) in [6, 6.07) is 13.4. The van der Waals surface area contributed by atoms with Gasteiger partial charge in [-0.2, -0.15) is 0 Å². The van der Waals surface area contributed by atoms with Crippen molar-refractivity contribution in [1.29, 1.82) is 0 Å². The Kier molecular flexibility index (Phi) is 5.11. The molecule has 0 radical (unpaired) electrons. The average Bonchev–Trinajstić information content (AvgIpc) is 3.12. The van der Waals surface area contributed by atoms with Crippen LogP contribution in [-0.2, 0) is 10.0 Å². The number of aromatic nitrogens is 2. The molecule has 25 heavy (non-hydrogen) atoms. The third-order valence-corrected chi connectivity index (χ3v) is 5.54. The molecular weight excluding hydrogens is 360 g/mol. The van der Waals surface area contributed by atoms with Crippen molar-refractivity contribution >= 4 is 21.6 Å². The number of imidazole rings is 1. The van der Waals surface area contributed by atoms with Crippen LogP contribution in [-0.4, -0.2) is 24.0 Å². The molecule has 0 saturated carbocycles. The van der Waals surface area contributed by atoms with E-state index < -0.39 is 10.0 Å². The lowest BCUT2D eigenvalue weighted by Gasteiger charge is -2.11. The zero-order valence-electron chi connectivity index (χ0n) is 13.6. The van der Waals surface area contributed by atoms with E-state index in [-0.39, 0.29) is 4.90 Å². The largest absolute Gasteiger partial charge is 0.492 e. The molecule has 7 heteroatoms. The van der Waals surface area contributed by atoms with E-state index in [1.54, 1.807) is 48.5 Å². The van der Waals surface area contributed by atoms with Crippen LogP contribution in [0.2, 0.25) is 5.02 Å². The number of hydrogen-bond donors (Lipinski definition) is 0. The predicted octanol–water partition coefficient (Wildman–Crippen LogP) is 4.23.